The van der Waals surface area contributed by atoms with Crippen LogP contribution in [0.2, 0.25) is 0 Å². The molecule has 4 nitrogen and oxygen atoms in total. The quantitative estimate of drug-likeness (QED) is 0.806. The summed E-state index contributed by atoms with van der Waals surface area (Å²) in [4.78, 5) is 14.3. The molecule has 0 saturated carbocycles. The Morgan fingerprint density at radius 3 is 2.45 bits per heavy atom. The van der Waals surface area contributed by atoms with Crippen LogP contribution in [-0.4, -0.2) is 32.3 Å². The van der Waals surface area contributed by atoms with Gasteiger partial charge in [0.15, 0.2) is 0 Å². The summed E-state index contributed by atoms with van der Waals surface area (Å²) in [5, 5.41) is 0. The van der Waals surface area contributed by atoms with Gasteiger partial charge in [-0.05, 0) is 43.4 Å². The minimum Gasteiger partial charge on any atom is -0.339 e. The maximum Gasteiger partial charge on any atom is 0.261 e. The van der Waals surface area contributed by atoms with Crippen molar-refractivity contribution in [2.45, 2.75) is 37.5 Å². The summed E-state index contributed by atoms with van der Waals surface area (Å²) in [5.41, 5.74) is 1.31. The number of rotatable bonds is 3. The van der Waals surface area contributed by atoms with Crippen molar-refractivity contribution in [3.05, 3.63) is 29.3 Å². The number of benzene rings is 1. The molecular weight excluding hydrogens is 298 g/mol. The van der Waals surface area contributed by atoms with Crippen LogP contribution in [0.25, 0.3) is 0 Å². The van der Waals surface area contributed by atoms with Crippen molar-refractivity contribution in [2.75, 3.05) is 13.1 Å². The average molecular weight is 316 g/mol. The number of piperidine rings is 1. The first-order valence-electron chi connectivity index (χ1n) is 6.80. The van der Waals surface area contributed by atoms with Gasteiger partial charge in [0, 0.05) is 29.3 Å². The van der Waals surface area contributed by atoms with Crippen molar-refractivity contribution in [3.8, 4) is 0 Å². The Balaban J connectivity index is 2.39. The molecule has 1 aromatic rings. The smallest absolute Gasteiger partial charge is 0.261 e. The van der Waals surface area contributed by atoms with E-state index in [4.69, 9.17) is 10.7 Å². The third kappa shape index (κ3) is 3.33. The van der Waals surface area contributed by atoms with Gasteiger partial charge in [-0.1, -0.05) is 13.0 Å². The van der Waals surface area contributed by atoms with Crippen molar-refractivity contribution in [1.82, 2.24) is 4.90 Å². The number of aryl methyl sites for hydroxylation is 1. The number of carbonyl (C=O) groups excluding carboxylic acids is 1. The van der Waals surface area contributed by atoms with Gasteiger partial charge in [-0.2, -0.15) is 0 Å². The summed E-state index contributed by atoms with van der Waals surface area (Å²) in [6.45, 7) is 3.41. The molecule has 0 atom stereocenters. The third-order valence-electron chi connectivity index (χ3n) is 3.62. The zero-order valence-electron chi connectivity index (χ0n) is 11.4. The lowest BCUT2D eigenvalue weighted by Crippen LogP contribution is -2.36. The van der Waals surface area contributed by atoms with E-state index >= 15 is 0 Å². The number of carbonyl (C=O) groups is 1. The fourth-order valence-electron chi connectivity index (χ4n) is 2.48. The highest BCUT2D eigenvalue weighted by atomic mass is 35.7. The molecule has 1 heterocycles. The van der Waals surface area contributed by atoms with Crippen molar-refractivity contribution >= 4 is 25.6 Å². The first kappa shape index (κ1) is 15.3. The second-order valence-corrected chi connectivity index (χ2v) is 7.53. The van der Waals surface area contributed by atoms with Crippen molar-refractivity contribution in [3.63, 3.8) is 0 Å². The van der Waals surface area contributed by atoms with E-state index in [0.717, 1.165) is 37.9 Å². The summed E-state index contributed by atoms with van der Waals surface area (Å²) in [7, 11) is 1.55. The minimum atomic E-state index is -3.81. The van der Waals surface area contributed by atoms with Crippen LogP contribution in [-0.2, 0) is 15.5 Å². The molecule has 1 amide bonds. The van der Waals surface area contributed by atoms with Crippen LogP contribution in [0.5, 0.6) is 0 Å². The van der Waals surface area contributed by atoms with E-state index in [2.05, 4.69) is 0 Å². The summed E-state index contributed by atoms with van der Waals surface area (Å²) >= 11 is 0. The van der Waals surface area contributed by atoms with Crippen LogP contribution in [0.3, 0.4) is 0 Å². The SMILES string of the molecule is CCc1ccc(S(=O)(=O)Cl)cc1C(=O)N1CCCCC1. The second-order valence-electron chi connectivity index (χ2n) is 4.96. The Morgan fingerprint density at radius 1 is 1.25 bits per heavy atom. The number of likely N-dealkylation sites (tertiary alicyclic amines) is 1. The standard InChI is InChI=1S/C14H18ClNO3S/c1-2-11-6-7-12(20(15,18)19)10-13(11)14(17)16-8-4-3-5-9-16/h6-7,10H,2-5,8-9H2,1H3. The van der Waals surface area contributed by atoms with Gasteiger partial charge in [-0.3, -0.25) is 4.79 Å². The van der Waals surface area contributed by atoms with Crippen molar-refractivity contribution in [1.29, 1.82) is 0 Å². The van der Waals surface area contributed by atoms with Gasteiger partial charge >= 0.3 is 0 Å². The Bertz CT molecular complexity index is 607. The van der Waals surface area contributed by atoms with Crippen LogP contribution in [0, 0.1) is 0 Å². The average Bonchev–Trinajstić information content (AvgIpc) is 2.45. The Kier molecular flexibility index (Phi) is 4.70. The van der Waals surface area contributed by atoms with Gasteiger partial charge in [-0.25, -0.2) is 8.42 Å². The number of nitrogens with zero attached hydrogens (tertiary/aromatic N) is 1. The van der Waals surface area contributed by atoms with Gasteiger partial charge in [0.25, 0.3) is 15.0 Å². The van der Waals surface area contributed by atoms with Crippen LogP contribution in [0.1, 0.15) is 42.1 Å². The monoisotopic (exact) mass is 315 g/mol. The minimum absolute atomic E-state index is 0.0169. The fraction of sp³-hybridized carbons (Fsp3) is 0.500. The first-order valence-corrected chi connectivity index (χ1v) is 9.11. The predicted octanol–water partition coefficient (Wildman–Crippen LogP) is 2.80. The number of amides is 1. The van der Waals surface area contributed by atoms with Gasteiger partial charge in [-0.15, -0.1) is 0 Å². The molecule has 1 aliphatic heterocycles. The molecule has 0 aliphatic carbocycles. The van der Waals surface area contributed by atoms with E-state index in [1.54, 1.807) is 11.0 Å². The highest BCUT2D eigenvalue weighted by Crippen LogP contribution is 2.22. The molecule has 0 aromatic heterocycles. The van der Waals surface area contributed by atoms with Gasteiger partial charge in [0.05, 0.1) is 4.90 Å². The van der Waals surface area contributed by atoms with E-state index in [0.29, 0.717) is 12.0 Å². The second kappa shape index (κ2) is 6.14. The number of hydrogen-bond donors (Lipinski definition) is 0. The molecule has 0 bridgehead atoms. The Morgan fingerprint density at radius 2 is 1.90 bits per heavy atom. The third-order valence-corrected chi connectivity index (χ3v) is 4.97. The zero-order valence-corrected chi connectivity index (χ0v) is 13.0. The molecule has 20 heavy (non-hydrogen) atoms. The summed E-state index contributed by atoms with van der Waals surface area (Å²) in [6.07, 6.45) is 3.82. The molecule has 110 valence electrons. The molecule has 1 saturated heterocycles. The molecule has 1 aromatic carbocycles. The Labute approximate surface area is 124 Å². The van der Waals surface area contributed by atoms with Crippen LogP contribution in [0.4, 0.5) is 0 Å². The topological polar surface area (TPSA) is 54.5 Å². The highest BCUT2D eigenvalue weighted by molar-refractivity contribution is 8.13. The summed E-state index contributed by atoms with van der Waals surface area (Å²) in [6, 6.07) is 4.53. The zero-order chi connectivity index (χ0) is 14.8. The lowest BCUT2D eigenvalue weighted by molar-refractivity contribution is 0.0723. The van der Waals surface area contributed by atoms with E-state index in [1.807, 2.05) is 6.92 Å². The molecule has 1 aliphatic rings. The molecule has 2 rings (SSSR count). The van der Waals surface area contributed by atoms with E-state index in [-0.39, 0.29) is 10.8 Å². The Hall–Kier alpha value is -1.07. The van der Waals surface area contributed by atoms with E-state index in [1.165, 1.54) is 12.1 Å². The molecule has 0 spiro atoms. The normalized spacial score (nSPS) is 16.2. The molecule has 0 radical (unpaired) electrons. The van der Waals surface area contributed by atoms with E-state index < -0.39 is 9.05 Å². The fourth-order valence-corrected chi connectivity index (χ4v) is 3.26. The van der Waals surface area contributed by atoms with Crippen LogP contribution >= 0.6 is 10.7 Å². The largest absolute Gasteiger partial charge is 0.339 e. The number of hydrogen-bond acceptors (Lipinski definition) is 3. The molecule has 0 N–H and O–H groups in total. The van der Waals surface area contributed by atoms with Crippen LogP contribution in [0.15, 0.2) is 23.1 Å². The molecule has 0 unspecified atom stereocenters. The number of halogens is 1. The van der Waals surface area contributed by atoms with Gasteiger partial charge < -0.3 is 4.90 Å². The van der Waals surface area contributed by atoms with E-state index in [9.17, 15) is 13.2 Å². The summed E-state index contributed by atoms with van der Waals surface area (Å²) in [5.74, 6) is -0.0938. The lowest BCUT2D eigenvalue weighted by atomic mass is 10.0. The predicted molar refractivity (Wildman–Crippen MR) is 78.6 cm³/mol. The highest BCUT2D eigenvalue weighted by Gasteiger charge is 2.22. The van der Waals surface area contributed by atoms with Gasteiger partial charge in [0.1, 0.15) is 0 Å². The van der Waals surface area contributed by atoms with Crippen molar-refractivity contribution in [2.24, 2.45) is 0 Å². The maximum atomic E-state index is 12.5. The first-order chi connectivity index (χ1) is 9.43. The van der Waals surface area contributed by atoms with Crippen LogP contribution < -0.4 is 0 Å². The van der Waals surface area contributed by atoms with Gasteiger partial charge in [0.2, 0.25) is 0 Å². The lowest BCUT2D eigenvalue weighted by Gasteiger charge is -2.27. The molecular formula is C14H18ClNO3S. The summed E-state index contributed by atoms with van der Waals surface area (Å²) < 4.78 is 22.8. The molecule has 6 heteroatoms. The molecule has 1 fully saturated rings. The van der Waals surface area contributed by atoms with Crippen molar-refractivity contribution < 1.29 is 13.2 Å². The maximum absolute atomic E-state index is 12.5.